The molecule has 1 aromatic rings. The zero-order valence-corrected chi connectivity index (χ0v) is 20.7. The van der Waals surface area contributed by atoms with Crippen LogP contribution in [0.5, 0.6) is 0 Å². The molecule has 34 heavy (non-hydrogen) atoms. The van der Waals surface area contributed by atoms with Crippen LogP contribution in [0.2, 0.25) is 0 Å². The van der Waals surface area contributed by atoms with Crippen molar-refractivity contribution in [2.24, 2.45) is 11.8 Å². The van der Waals surface area contributed by atoms with Gasteiger partial charge in [0.15, 0.2) is 0 Å². The molecule has 2 amide bonds. The standard InChI is InChI=1S/C26H36N2O6/c1-6-17(14-29)28-21(22(30)27-20-15(4)10-9-11-16(20)5)26-13-12-25(7-2,34-26)19(18(26)23(28)31)24(32)33-8-3/h9-11,17-19,21,29H,6-8,12-14H2,1-5H3,(H,27,30)/t17-,18-,19+,21?,25-,26?/m0/s1. The van der Waals surface area contributed by atoms with Crippen LogP contribution >= 0.6 is 0 Å². The molecule has 3 saturated heterocycles. The van der Waals surface area contributed by atoms with E-state index in [0.717, 1.165) is 11.1 Å². The highest BCUT2D eigenvalue weighted by Gasteiger charge is 2.79. The van der Waals surface area contributed by atoms with Crippen molar-refractivity contribution in [3.05, 3.63) is 29.3 Å². The molecule has 1 spiro atoms. The summed E-state index contributed by atoms with van der Waals surface area (Å²) in [6.45, 7) is 9.33. The van der Waals surface area contributed by atoms with Crippen LogP contribution in [0.4, 0.5) is 5.69 Å². The number of nitrogens with zero attached hydrogens (tertiary/aromatic N) is 1. The van der Waals surface area contributed by atoms with Crippen LogP contribution in [0.1, 0.15) is 57.6 Å². The van der Waals surface area contributed by atoms with Gasteiger partial charge in [-0.15, -0.1) is 0 Å². The highest BCUT2D eigenvalue weighted by atomic mass is 16.6. The molecule has 2 N–H and O–H groups in total. The average Bonchev–Trinajstić information content (AvgIpc) is 3.41. The van der Waals surface area contributed by atoms with Gasteiger partial charge in [0, 0.05) is 5.69 Å². The molecule has 0 radical (unpaired) electrons. The van der Waals surface area contributed by atoms with E-state index in [1.807, 2.05) is 45.9 Å². The number of nitrogens with one attached hydrogen (secondary N) is 1. The Morgan fingerprint density at radius 2 is 1.91 bits per heavy atom. The molecule has 1 aromatic carbocycles. The lowest BCUT2D eigenvalue weighted by Crippen LogP contribution is -2.56. The van der Waals surface area contributed by atoms with Crippen LogP contribution in [0, 0.1) is 25.7 Å². The molecular weight excluding hydrogens is 436 g/mol. The number of carbonyl (C=O) groups excluding carboxylic acids is 3. The molecule has 0 saturated carbocycles. The summed E-state index contributed by atoms with van der Waals surface area (Å²) in [5.41, 5.74) is 0.582. The molecule has 186 valence electrons. The van der Waals surface area contributed by atoms with Gasteiger partial charge in [-0.3, -0.25) is 14.4 Å². The summed E-state index contributed by atoms with van der Waals surface area (Å²) >= 11 is 0. The highest BCUT2D eigenvalue weighted by molar-refractivity contribution is 6.04. The van der Waals surface area contributed by atoms with Crippen LogP contribution in [0.3, 0.4) is 0 Å². The molecule has 6 atom stereocenters. The normalized spacial score (nSPS) is 32.6. The molecule has 0 aromatic heterocycles. The van der Waals surface area contributed by atoms with Crippen molar-refractivity contribution in [3.8, 4) is 0 Å². The Morgan fingerprint density at radius 1 is 1.24 bits per heavy atom. The molecular formula is C26H36N2O6. The number of anilines is 1. The molecule has 4 rings (SSSR count). The lowest BCUT2D eigenvalue weighted by atomic mass is 9.65. The summed E-state index contributed by atoms with van der Waals surface area (Å²) in [7, 11) is 0. The number of aliphatic hydroxyl groups excluding tert-OH is 1. The van der Waals surface area contributed by atoms with E-state index in [4.69, 9.17) is 9.47 Å². The van der Waals surface area contributed by atoms with Crippen LogP contribution < -0.4 is 5.32 Å². The van der Waals surface area contributed by atoms with E-state index in [9.17, 15) is 19.5 Å². The van der Waals surface area contributed by atoms with E-state index in [2.05, 4.69) is 5.32 Å². The third kappa shape index (κ3) is 3.37. The summed E-state index contributed by atoms with van der Waals surface area (Å²) in [6, 6.07) is 4.27. The Bertz CT molecular complexity index is 971. The van der Waals surface area contributed by atoms with E-state index >= 15 is 0 Å². The number of amides is 2. The van der Waals surface area contributed by atoms with E-state index in [-0.39, 0.29) is 25.0 Å². The summed E-state index contributed by atoms with van der Waals surface area (Å²) in [6.07, 6.45) is 2.09. The first-order valence-corrected chi connectivity index (χ1v) is 12.4. The van der Waals surface area contributed by atoms with E-state index in [1.165, 1.54) is 4.90 Å². The van der Waals surface area contributed by atoms with Crippen molar-refractivity contribution >= 4 is 23.5 Å². The van der Waals surface area contributed by atoms with Gasteiger partial charge < -0.3 is 24.8 Å². The Labute approximate surface area is 201 Å². The zero-order chi connectivity index (χ0) is 24.8. The monoisotopic (exact) mass is 472 g/mol. The Hall–Kier alpha value is -2.45. The number of likely N-dealkylation sites (tertiary alicyclic amines) is 1. The number of aryl methyl sites for hydroxylation is 2. The number of ether oxygens (including phenoxy) is 2. The van der Waals surface area contributed by atoms with Gasteiger partial charge in [0.2, 0.25) is 11.8 Å². The van der Waals surface area contributed by atoms with Gasteiger partial charge in [-0.25, -0.2) is 0 Å². The lowest BCUT2D eigenvalue weighted by molar-refractivity contribution is -0.161. The van der Waals surface area contributed by atoms with Gasteiger partial charge >= 0.3 is 5.97 Å². The molecule has 8 nitrogen and oxygen atoms in total. The minimum atomic E-state index is -1.13. The quantitative estimate of drug-likeness (QED) is 0.564. The van der Waals surface area contributed by atoms with Crippen molar-refractivity contribution in [2.75, 3.05) is 18.5 Å². The second-order valence-electron chi connectivity index (χ2n) is 9.83. The number of esters is 1. The minimum Gasteiger partial charge on any atom is -0.466 e. The number of carbonyl (C=O) groups is 3. The maximum Gasteiger partial charge on any atom is 0.312 e. The summed E-state index contributed by atoms with van der Waals surface area (Å²) < 4.78 is 12.1. The molecule has 3 heterocycles. The summed E-state index contributed by atoms with van der Waals surface area (Å²) in [4.78, 5) is 42.5. The summed E-state index contributed by atoms with van der Waals surface area (Å²) in [5, 5.41) is 13.2. The maximum absolute atomic E-state index is 14.0. The largest absolute Gasteiger partial charge is 0.466 e. The van der Waals surface area contributed by atoms with Crippen molar-refractivity contribution in [3.63, 3.8) is 0 Å². The van der Waals surface area contributed by atoms with Crippen molar-refractivity contribution in [2.45, 2.75) is 83.6 Å². The number of benzene rings is 1. The van der Waals surface area contributed by atoms with Gasteiger partial charge in [0.05, 0.1) is 30.8 Å². The number of hydrogen-bond acceptors (Lipinski definition) is 6. The third-order valence-corrected chi connectivity index (χ3v) is 8.21. The lowest BCUT2D eigenvalue weighted by Gasteiger charge is -2.37. The fourth-order valence-electron chi connectivity index (χ4n) is 6.56. The Balaban J connectivity index is 1.81. The smallest absolute Gasteiger partial charge is 0.312 e. The molecule has 0 aliphatic carbocycles. The predicted octanol–water partition coefficient (Wildman–Crippen LogP) is 2.73. The SMILES string of the molecule is CCOC(=O)[C@H]1[C@H]2C(=O)N([C@@H](CC)CO)C(C(=O)Nc3c(C)cccc3C)C23CC[C@]1(CC)O3. The van der Waals surface area contributed by atoms with Crippen LogP contribution in [-0.2, 0) is 23.9 Å². The second kappa shape index (κ2) is 8.96. The van der Waals surface area contributed by atoms with Crippen molar-refractivity contribution in [1.82, 2.24) is 4.90 Å². The predicted molar refractivity (Wildman–Crippen MR) is 126 cm³/mol. The van der Waals surface area contributed by atoms with Gasteiger partial charge in [0.1, 0.15) is 17.6 Å². The van der Waals surface area contributed by atoms with Crippen LogP contribution in [0.25, 0.3) is 0 Å². The molecule has 8 heteroatoms. The van der Waals surface area contributed by atoms with E-state index < -0.39 is 41.1 Å². The van der Waals surface area contributed by atoms with Crippen LogP contribution in [0.15, 0.2) is 18.2 Å². The first kappa shape index (κ1) is 24.7. The fraction of sp³-hybridized carbons (Fsp3) is 0.654. The van der Waals surface area contributed by atoms with E-state index in [0.29, 0.717) is 31.4 Å². The third-order valence-electron chi connectivity index (χ3n) is 8.21. The first-order chi connectivity index (χ1) is 16.2. The molecule has 3 aliphatic rings. The van der Waals surface area contributed by atoms with Gasteiger partial charge in [-0.05, 0) is 57.6 Å². The number of aliphatic hydroxyl groups is 1. The molecule has 3 aliphatic heterocycles. The molecule has 2 bridgehead atoms. The van der Waals surface area contributed by atoms with Gasteiger partial charge in [0.25, 0.3) is 0 Å². The molecule has 2 unspecified atom stereocenters. The Morgan fingerprint density at radius 3 is 2.47 bits per heavy atom. The van der Waals surface area contributed by atoms with Gasteiger partial charge in [-0.2, -0.15) is 0 Å². The van der Waals surface area contributed by atoms with Crippen molar-refractivity contribution < 1.29 is 29.0 Å². The van der Waals surface area contributed by atoms with E-state index in [1.54, 1.807) is 6.92 Å². The van der Waals surface area contributed by atoms with Crippen molar-refractivity contribution in [1.29, 1.82) is 0 Å². The zero-order valence-electron chi connectivity index (χ0n) is 20.7. The average molecular weight is 473 g/mol. The molecule has 3 fully saturated rings. The number of hydrogen-bond donors (Lipinski definition) is 2. The second-order valence-corrected chi connectivity index (χ2v) is 9.83. The maximum atomic E-state index is 14.0. The first-order valence-electron chi connectivity index (χ1n) is 12.4. The number of rotatable bonds is 8. The Kier molecular flexibility index (Phi) is 6.50. The van der Waals surface area contributed by atoms with Gasteiger partial charge in [-0.1, -0.05) is 32.0 Å². The summed E-state index contributed by atoms with van der Waals surface area (Å²) in [5.74, 6) is -2.69. The fourth-order valence-corrected chi connectivity index (χ4v) is 6.56. The topological polar surface area (TPSA) is 105 Å². The van der Waals surface area contributed by atoms with Crippen LogP contribution in [-0.4, -0.2) is 64.3 Å². The number of para-hydroxylation sites is 1. The minimum absolute atomic E-state index is 0.206. The number of fused-ring (bicyclic) bond motifs is 1. The highest BCUT2D eigenvalue weighted by Crippen LogP contribution is 2.64.